The van der Waals surface area contributed by atoms with E-state index in [-0.39, 0.29) is 0 Å². The molecule has 0 aliphatic rings. The first-order valence-corrected chi connectivity index (χ1v) is 5.59. The van der Waals surface area contributed by atoms with Crippen molar-refractivity contribution in [3.63, 3.8) is 0 Å². The Labute approximate surface area is 97.6 Å². The van der Waals surface area contributed by atoms with Gasteiger partial charge in [0.25, 0.3) is 0 Å². The molecule has 1 rings (SSSR count). The third kappa shape index (κ3) is 3.52. The summed E-state index contributed by atoms with van der Waals surface area (Å²) in [7, 11) is 0. The monoisotopic (exact) mass is 214 g/mol. The second-order valence-electron chi connectivity index (χ2n) is 3.90. The van der Waals surface area contributed by atoms with Crippen LogP contribution in [0.15, 0.2) is 29.8 Å². The van der Waals surface area contributed by atoms with Crippen molar-refractivity contribution in [2.75, 3.05) is 6.54 Å². The highest BCUT2D eigenvalue weighted by Crippen LogP contribution is 2.10. The molecule has 0 spiro atoms. The molecule has 0 fully saturated rings. The SMILES string of the molecule is CCNC(C)/C(C)=C/c1ccc(C#N)cc1. The number of likely N-dealkylation sites (N-methyl/N-ethyl adjacent to an activating group) is 1. The lowest BCUT2D eigenvalue weighted by atomic mass is 10.1. The van der Waals surface area contributed by atoms with E-state index in [2.05, 4.69) is 38.2 Å². The van der Waals surface area contributed by atoms with Crippen LogP contribution in [0.3, 0.4) is 0 Å². The summed E-state index contributed by atoms with van der Waals surface area (Å²) in [4.78, 5) is 0. The maximum Gasteiger partial charge on any atom is 0.0991 e. The molecule has 0 aliphatic carbocycles. The maximum absolute atomic E-state index is 8.69. The zero-order valence-corrected chi connectivity index (χ0v) is 10.1. The van der Waals surface area contributed by atoms with Crippen molar-refractivity contribution in [2.24, 2.45) is 0 Å². The highest BCUT2D eigenvalue weighted by molar-refractivity contribution is 5.54. The van der Waals surface area contributed by atoms with Gasteiger partial charge < -0.3 is 5.32 Å². The van der Waals surface area contributed by atoms with Crippen molar-refractivity contribution in [3.8, 4) is 6.07 Å². The zero-order valence-electron chi connectivity index (χ0n) is 10.1. The third-order valence-electron chi connectivity index (χ3n) is 2.63. The Morgan fingerprint density at radius 3 is 2.56 bits per heavy atom. The molecule has 16 heavy (non-hydrogen) atoms. The van der Waals surface area contributed by atoms with Crippen LogP contribution in [-0.2, 0) is 0 Å². The quantitative estimate of drug-likeness (QED) is 0.836. The summed E-state index contributed by atoms with van der Waals surface area (Å²) in [6.07, 6.45) is 2.15. The van der Waals surface area contributed by atoms with Gasteiger partial charge in [-0.1, -0.05) is 30.7 Å². The van der Waals surface area contributed by atoms with Crippen LogP contribution in [0.5, 0.6) is 0 Å². The Bertz CT molecular complexity index is 396. The molecule has 1 aromatic carbocycles. The van der Waals surface area contributed by atoms with Crippen molar-refractivity contribution >= 4 is 6.08 Å². The van der Waals surface area contributed by atoms with Gasteiger partial charge in [0.05, 0.1) is 11.6 Å². The normalized spacial score (nSPS) is 13.2. The predicted octanol–water partition coefficient (Wildman–Crippen LogP) is 2.96. The molecule has 84 valence electrons. The van der Waals surface area contributed by atoms with E-state index in [1.807, 2.05) is 24.3 Å². The smallest absolute Gasteiger partial charge is 0.0991 e. The van der Waals surface area contributed by atoms with Gasteiger partial charge >= 0.3 is 0 Å². The average Bonchev–Trinajstić information content (AvgIpc) is 2.30. The second kappa shape index (κ2) is 6.09. The molecule has 0 bridgehead atoms. The van der Waals surface area contributed by atoms with Gasteiger partial charge in [0.1, 0.15) is 0 Å². The molecule has 1 unspecified atom stereocenters. The molecular weight excluding hydrogens is 196 g/mol. The predicted molar refractivity (Wildman–Crippen MR) is 67.9 cm³/mol. The Kier molecular flexibility index (Phi) is 4.75. The maximum atomic E-state index is 8.69. The molecule has 0 aliphatic heterocycles. The van der Waals surface area contributed by atoms with Crippen LogP contribution < -0.4 is 5.32 Å². The van der Waals surface area contributed by atoms with E-state index in [4.69, 9.17) is 5.26 Å². The number of nitrogens with zero attached hydrogens (tertiary/aromatic N) is 1. The van der Waals surface area contributed by atoms with E-state index in [0.29, 0.717) is 11.6 Å². The Hall–Kier alpha value is -1.59. The minimum Gasteiger partial charge on any atom is -0.311 e. The summed E-state index contributed by atoms with van der Waals surface area (Å²) in [5.41, 5.74) is 3.14. The molecule has 2 heteroatoms. The van der Waals surface area contributed by atoms with E-state index in [0.717, 1.165) is 12.1 Å². The number of benzene rings is 1. The zero-order chi connectivity index (χ0) is 12.0. The first kappa shape index (κ1) is 12.5. The molecule has 2 nitrogen and oxygen atoms in total. The summed E-state index contributed by atoms with van der Waals surface area (Å²) in [5, 5.41) is 12.1. The lowest BCUT2D eigenvalue weighted by Crippen LogP contribution is -2.26. The third-order valence-corrected chi connectivity index (χ3v) is 2.63. The molecule has 0 radical (unpaired) electrons. The Balaban J connectivity index is 2.78. The van der Waals surface area contributed by atoms with Crippen LogP contribution in [0.2, 0.25) is 0 Å². The van der Waals surface area contributed by atoms with Crippen LogP contribution in [-0.4, -0.2) is 12.6 Å². The van der Waals surface area contributed by atoms with E-state index in [1.54, 1.807) is 0 Å². The molecule has 0 heterocycles. The van der Waals surface area contributed by atoms with Gasteiger partial charge in [-0.3, -0.25) is 0 Å². The van der Waals surface area contributed by atoms with Crippen LogP contribution in [0.4, 0.5) is 0 Å². The molecule has 1 atom stereocenters. The second-order valence-corrected chi connectivity index (χ2v) is 3.90. The van der Waals surface area contributed by atoms with Gasteiger partial charge in [-0.05, 0) is 38.1 Å². The fourth-order valence-corrected chi connectivity index (χ4v) is 1.51. The average molecular weight is 214 g/mol. The molecule has 1 aromatic rings. The van der Waals surface area contributed by atoms with Gasteiger partial charge in [-0.2, -0.15) is 5.26 Å². The van der Waals surface area contributed by atoms with Crippen molar-refractivity contribution in [1.82, 2.24) is 5.32 Å². The van der Waals surface area contributed by atoms with E-state index in [1.165, 1.54) is 5.57 Å². The number of nitrogens with one attached hydrogen (secondary N) is 1. The van der Waals surface area contributed by atoms with Gasteiger partial charge in [-0.25, -0.2) is 0 Å². The number of rotatable bonds is 4. The van der Waals surface area contributed by atoms with Gasteiger partial charge in [0.2, 0.25) is 0 Å². The summed E-state index contributed by atoms with van der Waals surface area (Å²) >= 11 is 0. The highest BCUT2D eigenvalue weighted by Gasteiger charge is 2.01. The van der Waals surface area contributed by atoms with E-state index >= 15 is 0 Å². The summed E-state index contributed by atoms with van der Waals surface area (Å²) in [5.74, 6) is 0. The first-order valence-electron chi connectivity index (χ1n) is 5.59. The number of hydrogen-bond acceptors (Lipinski definition) is 2. The lowest BCUT2D eigenvalue weighted by Gasteiger charge is -2.12. The molecule has 0 aromatic heterocycles. The Morgan fingerprint density at radius 1 is 1.44 bits per heavy atom. The fourth-order valence-electron chi connectivity index (χ4n) is 1.51. The molecule has 0 amide bonds. The largest absolute Gasteiger partial charge is 0.311 e. The summed E-state index contributed by atoms with van der Waals surface area (Å²) < 4.78 is 0. The van der Waals surface area contributed by atoms with Gasteiger partial charge in [-0.15, -0.1) is 0 Å². The van der Waals surface area contributed by atoms with E-state index < -0.39 is 0 Å². The Morgan fingerprint density at radius 2 is 2.06 bits per heavy atom. The van der Waals surface area contributed by atoms with Crippen LogP contribution in [0.25, 0.3) is 6.08 Å². The summed E-state index contributed by atoms with van der Waals surface area (Å²) in [6, 6.07) is 10.1. The van der Waals surface area contributed by atoms with E-state index in [9.17, 15) is 0 Å². The van der Waals surface area contributed by atoms with Gasteiger partial charge in [0.15, 0.2) is 0 Å². The first-order chi connectivity index (χ1) is 7.67. The van der Waals surface area contributed by atoms with Crippen molar-refractivity contribution < 1.29 is 0 Å². The minimum atomic E-state index is 0.389. The molecule has 0 saturated heterocycles. The number of hydrogen-bond donors (Lipinski definition) is 1. The lowest BCUT2D eigenvalue weighted by molar-refractivity contribution is 0.636. The molecular formula is C14H18N2. The van der Waals surface area contributed by atoms with Crippen LogP contribution >= 0.6 is 0 Å². The topological polar surface area (TPSA) is 35.8 Å². The van der Waals surface area contributed by atoms with Crippen LogP contribution in [0, 0.1) is 11.3 Å². The standard InChI is InChI=1S/C14H18N2/c1-4-16-12(3)11(2)9-13-5-7-14(10-15)8-6-13/h5-9,12,16H,4H2,1-3H3/b11-9+. The molecule has 1 N–H and O–H groups in total. The minimum absolute atomic E-state index is 0.389. The molecule has 0 saturated carbocycles. The highest BCUT2D eigenvalue weighted by atomic mass is 14.9. The van der Waals surface area contributed by atoms with Crippen LogP contribution in [0.1, 0.15) is 31.9 Å². The summed E-state index contributed by atoms with van der Waals surface area (Å²) in [6.45, 7) is 7.34. The van der Waals surface area contributed by atoms with Gasteiger partial charge in [0, 0.05) is 6.04 Å². The van der Waals surface area contributed by atoms with Crippen molar-refractivity contribution in [3.05, 3.63) is 41.0 Å². The fraction of sp³-hybridized carbons (Fsp3) is 0.357. The van der Waals surface area contributed by atoms with Crippen molar-refractivity contribution in [1.29, 1.82) is 5.26 Å². The van der Waals surface area contributed by atoms with Crippen molar-refractivity contribution in [2.45, 2.75) is 26.8 Å². The number of nitriles is 1.